The van der Waals surface area contributed by atoms with Gasteiger partial charge in [-0.15, -0.1) is 0 Å². The Kier molecular flexibility index (Phi) is 8.62. The van der Waals surface area contributed by atoms with E-state index in [4.69, 9.17) is 18.9 Å². The van der Waals surface area contributed by atoms with E-state index >= 15 is 0 Å². The molecular weight excluding hydrogens is 436 g/mol. The Labute approximate surface area is 198 Å². The minimum absolute atomic E-state index is 0.261. The summed E-state index contributed by atoms with van der Waals surface area (Å²) in [5.74, 6) is 0.979. The molecular formula is C26H26N2O6. The molecule has 3 aromatic carbocycles. The number of amides is 1. The van der Waals surface area contributed by atoms with Gasteiger partial charge in [-0.25, -0.2) is 10.2 Å². The van der Waals surface area contributed by atoms with Crippen molar-refractivity contribution in [1.29, 1.82) is 0 Å². The van der Waals surface area contributed by atoms with Crippen LogP contribution in [0.1, 0.15) is 39.6 Å². The first-order chi connectivity index (χ1) is 16.5. The molecule has 0 heterocycles. The Hall–Kier alpha value is -4.33. The molecule has 0 radical (unpaired) electrons. The molecule has 176 valence electrons. The molecule has 0 unspecified atom stereocenters. The van der Waals surface area contributed by atoms with E-state index in [0.717, 1.165) is 6.42 Å². The molecule has 0 fully saturated rings. The molecule has 0 aliphatic rings. The first-order valence-electron chi connectivity index (χ1n) is 10.6. The normalized spacial score (nSPS) is 10.6. The van der Waals surface area contributed by atoms with Crippen LogP contribution in [0.3, 0.4) is 0 Å². The van der Waals surface area contributed by atoms with Crippen molar-refractivity contribution >= 4 is 18.1 Å². The first kappa shape index (κ1) is 24.3. The number of hydrogen-bond acceptors (Lipinski definition) is 7. The quantitative estimate of drug-likeness (QED) is 0.207. The van der Waals surface area contributed by atoms with Crippen molar-refractivity contribution in [1.82, 2.24) is 5.43 Å². The predicted octanol–water partition coefficient (Wildman–Crippen LogP) is 4.48. The second-order valence-electron chi connectivity index (χ2n) is 7.10. The molecule has 0 aromatic heterocycles. The average Bonchev–Trinajstić information content (AvgIpc) is 2.88. The number of carbonyl (C=O) groups is 2. The molecule has 3 aromatic rings. The van der Waals surface area contributed by atoms with Gasteiger partial charge in [-0.1, -0.05) is 13.0 Å². The molecule has 0 spiro atoms. The van der Waals surface area contributed by atoms with Gasteiger partial charge in [-0.2, -0.15) is 5.10 Å². The van der Waals surface area contributed by atoms with Crippen LogP contribution in [0.15, 0.2) is 71.8 Å². The Bertz CT molecular complexity index is 1160. The molecule has 0 atom stereocenters. The number of esters is 1. The average molecular weight is 463 g/mol. The van der Waals surface area contributed by atoms with Crippen molar-refractivity contribution < 1.29 is 28.5 Å². The Morgan fingerprint density at radius 2 is 1.68 bits per heavy atom. The SMILES string of the molecule is CCCOc1ccc(C(=O)Oc2ccc(/C=N/NC(=O)c3cccc(OC)c3)cc2OC)cc1. The number of hydrazone groups is 1. The van der Waals surface area contributed by atoms with Crippen molar-refractivity contribution in [2.45, 2.75) is 13.3 Å². The molecule has 34 heavy (non-hydrogen) atoms. The van der Waals surface area contributed by atoms with Gasteiger partial charge in [0.15, 0.2) is 11.5 Å². The summed E-state index contributed by atoms with van der Waals surface area (Å²) >= 11 is 0. The van der Waals surface area contributed by atoms with Gasteiger partial charge in [0.25, 0.3) is 5.91 Å². The van der Waals surface area contributed by atoms with E-state index < -0.39 is 5.97 Å². The molecule has 0 saturated carbocycles. The van der Waals surface area contributed by atoms with Gasteiger partial charge >= 0.3 is 5.97 Å². The molecule has 8 nitrogen and oxygen atoms in total. The van der Waals surface area contributed by atoms with Crippen LogP contribution in [0, 0.1) is 0 Å². The van der Waals surface area contributed by atoms with E-state index in [-0.39, 0.29) is 11.7 Å². The number of nitrogens with one attached hydrogen (secondary N) is 1. The van der Waals surface area contributed by atoms with Crippen LogP contribution in [0.5, 0.6) is 23.0 Å². The van der Waals surface area contributed by atoms with Gasteiger partial charge in [0.05, 0.1) is 32.6 Å². The van der Waals surface area contributed by atoms with Crippen LogP contribution >= 0.6 is 0 Å². The highest BCUT2D eigenvalue weighted by atomic mass is 16.6. The maximum atomic E-state index is 12.5. The molecule has 0 aliphatic carbocycles. The van der Waals surface area contributed by atoms with E-state index in [9.17, 15) is 9.59 Å². The number of hydrogen-bond donors (Lipinski definition) is 1. The molecule has 1 N–H and O–H groups in total. The van der Waals surface area contributed by atoms with Gasteiger partial charge in [0.1, 0.15) is 11.5 Å². The summed E-state index contributed by atoms with van der Waals surface area (Å²) in [6.45, 7) is 2.63. The third-order valence-electron chi connectivity index (χ3n) is 4.66. The largest absolute Gasteiger partial charge is 0.497 e. The Morgan fingerprint density at radius 3 is 2.38 bits per heavy atom. The summed E-state index contributed by atoms with van der Waals surface area (Å²) in [5.41, 5.74) is 3.90. The number of ether oxygens (including phenoxy) is 4. The number of nitrogens with zero attached hydrogens (tertiary/aromatic N) is 1. The first-order valence-corrected chi connectivity index (χ1v) is 10.6. The third kappa shape index (κ3) is 6.59. The van der Waals surface area contributed by atoms with E-state index in [2.05, 4.69) is 10.5 Å². The maximum absolute atomic E-state index is 12.5. The van der Waals surface area contributed by atoms with Crippen LogP contribution in [0.25, 0.3) is 0 Å². The lowest BCUT2D eigenvalue weighted by molar-refractivity contribution is 0.0729. The van der Waals surface area contributed by atoms with Gasteiger partial charge < -0.3 is 18.9 Å². The van der Waals surface area contributed by atoms with Crippen LogP contribution in [0.2, 0.25) is 0 Å². The van der Waals surface area contributed by atoms with E-state index in [1.54, 1.807) is 66.7 Å². The predicted molar refractivity (Wildman–Crippen MR) is 128 cm³/mol. The van der Waals surface area contributed by atoms with Crippen molar-refractivity contribution in [2.75, 3.05) is 20.8 Å². The van der Waals surface area contributed by atoms with E-state index in [1.165, 1.54) is 20.4 Å². The number of methoxy groups -OCH3 is 2. The minimum atomic E-state index is -0.521. The molecule has 8 heteroatoms. The molecule has 0 saturated heterocycles. The topological polar surface area (TPSA) is 95.5 Å². The lowest BCUT2D eigenvalue weighted by Crippen LogP contribution is -2.17. The summed E-state index contributed by atoms with van der Waals surface area (Å²) in [5, 5.41) is 3.98. The van der Waals surface area contributed by atoms with Crippen LogP contribution < -0.4 is 24.4 Å². The number of rotatable bonds is 10. The molecule has 3 rings (SSSR count). The smallest absolute Gasteiger partial charge is 0.343 e. The molecule has 0 bridgehead atoms. The number of carbonyl (C=O) groups excluding carboxylic acids is 2. The van der Waals surface area contributed by atoms with Gasteiger partial charge in [0.2, 0.25) is 0 Å². The zero-order valence-corrected chi connectivity index (χ0v) is 19.2. The van der Waals surface area contributed by atoms with Crippen molar-refractivity contribution in [3.63, 3.8) is 0 Å². The van der Waals surface area contributed by atoms with Crippen molar-refractivity contribution in [3.8, 4) is 23.0 Å². The maximum Gasteiger partial charge on any atom is 0.343 e. The van der Waals surface area contributed by atoms with E-state index in [0.29, 0.717) is 40.5 Å². The minimum Gasteiger partial charge on any atom is -0.497 e. The van der Waals surface area contributed by atoms with Gasteiger partial charge in [-0.05, 0) is 72.6 Å². The second kappa shape index (κ2) is 12.1. The lowest BCUT2D eigenvalue weighted by Gasteiger charge is -2.10. The Balaban J connectivity index is 1.63. The highest BCUT2D eigenvalue weighted by Gasteiger charge is 2.13. The fourth-order valence-corrected chi connectivity index (χ4v) is 2.91. The lowest BCUT2D eigenvalue weighted by atomic mass is 10.2. The van der Waals surface area contributed by atoms with Gasteiger partial charge in [0, 0.05) is 5.56 Å². The van der Waals surface area contributed by atoms with Crippen LogP contribution in [-0.4, -0.2) is 38.9 Å². The molecule has 1 amide bonds. The summed E-state index contributed by atoms with van der Waals surface area (Å²) < 4.78 is 21.5. The zero-order chi connectivity index (χ0) is 24.3. The standard InChI is InChI=1S/C26H26N2O6/c1-4-14-33-21-11-9-19(10-12-21)26(30)34-23-13-8-18(15-24(23)32-3)17-27-28-25(29)20-6-5-7-22(16-20)31-2/h5-13,15-17H,4,14H2,1-3H3,(H,28,29)/b27-17+. The zero-order valence-electron chi connectivity index (χ0n) is 19.2. The molecule has 0 aliphatic heterocycles. The summed E-state index contributed by atoms with van der Waals surface area (Å²) in [6.07, 6.45) is 2.36. The third-order valence-corrected chi connectivity index (χ3v) is 4.66. The summed E-state index contributed by atoms with van der Waals surface area (Å²) in [6, 6.07) is 18.4. The Morgan fingerprint density at radius 1 is 0.882 bits per heavy atom. The summed E-state index contributed by atoms with van der Waals surface area (Å²) in [7, 11) is 3.00. The van der Waals surface area contributed by atoms with Crippen molar-refractivity contribution in [2.24, 2.45) is 5.10 Å². The monoisotopic (exact) mass is 462 g/mol. The van der Waals surface area contributed by atoms with Crippen molar-refractivity contribution in [3.05, 3.63) is 83.4 Å². The highest BCUT2D eigenvalue weighted by Crippen LogP contribution is 2.28. The number of benzene rings is 3. The highest BCUT2D eigenvalue weighted by molar-refractivity contribution is 5.95. The van der Waals surface area contributed by atoms with Crippen LogP contribution in [-0.2, 0) is 0 Å². The van der Waals surface area contributed by atoms with Gasteiger partial charge in [-0.3, -0.25) is 4.79 Å². The van der Waals surface area contributed by atoms with Crippen LogP contribution in [0.4, 0.5) is 0 Å². The summed E-state index contributed by atoms with van der Waals surface area (Å²) in [4.78, 5) is 24.8. The fraction of sp³-hybridized carbons (Fsp3) is 0.192. The van der Waals surface area contributed by atoms with E-state index in [1.807, 2.05) is 6.92 Å². The second-order valence-corrected chi connectivity index (χ2v) is 7.10. The fourth-order valence-electron chi connectivity index (χ4n) is 2.91.